The maximum absolute atomic E-state index is 6.20. The van der Waals surface area contributed by atoms with E-state index in [1.165, 1.54) is 0 Å². The predicted octanol–water partition coefficient (Wildman–Crippen LogP) is 4.17. The van der Waals surface area contributed by atoms with Crippen LogP contribution in [0, 0.1) is 20.8 Å². The molecule has 2 heterocycles. The van der Waals surface area contributed by atoms with Gasteiger partial charge in [-0.25, -0.2) is 9.97 Å². The second-order valence-corrected chi connectivity index (χ2v) is 5.62. The first-order valence-corrected chi connectivity index (χ1v) is 7.54. The number of aryl methyl sites for hydroxylation is 3. The van der Waals surface area contributed by atoms with E-state index in [0.717, 1.165) is 47.1 Å². The Morgan fingerprint density at radius 3 is 2.52 bits per heavy atom. The minimum Gasteiger partial charge on any atom is -0.363 e. The average Bonchev–Trinajstić information content (AvgIpc) is 2.75. The van der Waals surface area contributed by atoms with Crippen molar-refractivity contribution in [2.75, 3.05) is 5.32 Å². The number of hydrogen-bond acceptors (Lipinski definition) is 5. The second kappa shape index (κ2) is 6.43. The minimum absolute atomic E-state index is 0.0374. The lowest BCUT2D eigenvalue weighted by atomic mass is 10.1. The molecule has 0 bridgehead atoms. The summed E-state index contributed by atoms with van der Waals surface area (Å²) in [5, 5.41) is 7.89. The van der Waals surface area contributed by atoms with Crippen LogP contribution >= 0.6 is 11.6 Å². The fourth-order valence-corrected chi connectivity index (χ4v) is 2.58. The zero-order valence-electron chi connectivity index (χ0n) is 13.1. The van der Waals surface area contributed by atoms with E-state index in [0.29, 0.717) is 5.15 Å². The topological polar surface area (TPSA) is 63.8 Å². The molecule has 2 rings (SSSR count). The van der Waals surface area contributed by atoms with Crippen LogP contribution < -0.4 is 5.32 Å². The summed E-state index contributed by atoms with van der Waals surface area (Å²) in [7, 11) is 0. The maximum Gasteiger partial charge on any atom is 0.139 e. The van der Waals surface area contributed by atoms with Crippen LogP contribution in [0.3, 0.4) is 0 Å². The highest BCUT2D eigenvalue weighted by atomic mass is 35.5. The van der Waals surface area contributed by atoms with Crippen LogP contribution in [0.25, 0.3) is 0 Å². The third-order valence-electron chi connectivity index (χ3n) is 3.48. The van der Waals surface area contributed by atoms with Gasteiger partial charge < -0.3 is 9.84 Å². The molecule has 0 fully saturated rings. The molecule has 6 heteroatoms. The van der Waals surface area contributed by atoms with Gasteiger partial charge in [-0.15, -0.1) is 0 Å². The van der Waals surface area contributed by atoms with Crippen LogP contribution in [0.5, 0.6) is 0 Å². The second-order valence-electron chi connectivity index (χ2n) is 5.26. The summed E-state index contributed by atoms with van der Waals surface area (Å²) in [5.41, 5.74) is 2.80. The van der Waals surface area contributed by atoms with Crippen LogP contribution in [0.15, 0.2) is 4.52 Å². The van der Waals surface area contributed by atoms with Gasteiger partial charge in [-0.2, -0.15) is 0 Å². The van der Waals surface area contributed by atoms with Crippen molar-refractivity contribution in [1.82, 2.24) is 15.1 Å². The Labute approximate surface area is 130 Å². The summed E-state index contributed by atoms with van der Waals surface area (Å²) in [6, 6.07) is 0.0374. The summed E-state index contributed by atoms with van der Waals surface area (Å²) in [4.78, 5) is 8.89. The fourth-order valence-electron chi connectivity index (χ4n) is 2.39. The normalized spacial score (nSPS) is 12.5. The Balaban J connectivity index is 2.30. The summed E-state index contributed by atoms with van der Waals surface area (Å²) in [6.07, 6.45) is 1.80. The monoisotopic (exact) mass is 308 g/mol. The fraction of sp³-hybridized carbons (Fsp3) is 0.533. The smallest absolute Gasteiger partial charge is 0.139 e. The SMILES string of the molecule is CCCc1nc(Cl)c(C)c(NC(C)c2c(C)noc2C)n1. The van der Waals surface area contributed by atoms with Crippen LogP contribution in [-0.2, 0) is 6.42 Å². The lowest BCUT2D eigenvalue weighted by Crippen LogP contribution is -2.12. The Bertz CT molecular complexity index is 619. The molecule has 0 aliphatic rings. The maximum atomic E-state index is 6.20. The van der Waals surface area contributed by atoms with Gasteiger partial charge in [-0.05, 0) is 34.1 Å². The molecule has 0 saturated carbocycles. The molecule has 0 spiro atoms. The van der Waals surface area contributed by atoms with E-state index in [1.54, 1.807) is 0 Å². The molecule has 0 radical (unpaired) electrons. The van der Waals surface area contributed by atoms with Crippen molar-refractivity contribution in [3.05, 3.63) is 33.6 Å². The molecular weight excluding hydrogens is 288 g/mol. The molecular formula is C15H21ClN4O. The van der Waals surface area contributed by atoms with Crippen molar-refractivity contribution in [3.8, 4) is 0 Å². The van der Waals surface area contributed by atoms with Gasteiger partial charge in [0.25, 0.3) is 0 Å². The Kier molecular flexibility index (Phi) is 4.83. The zero-order valence-corrected chi connectivity index (χ0v) is 13.9. The number of nitrogens with zero attached hydrogens (tertiary/aromatic N) is 3. The van der Waals surface area contributed by atoms with E-state index in [4.69, 9.17) is 16.1 Å². The van der Waals surface area contributed by atoms with Gasteiger partial charge in [0.1, 0.15) is 22.6 Å². The van der Waals surface area contributed by atoms with Crippen LogP contribution in [0.2, 0.25) is 5.15 Å². The van der Waals surface area contributed by atoms with Crippen molar-refractivity contribution in [2.24, 2.45) is 0 Å². The molecule has 0 amide bonds. The predicted molar refractivity (Wildman–Crippen MR) is 83.8 cm³/mol. The van der Waals surface area contributed by atoms with Gasteiger partial charge in [0.05, 0.1) is 11.7 Å². The summed E-state index contributed by atoms with van der Waals surface area (Å²) in [5.74, 6) is 2.35. The number of aromatic nitrogens is 3. The standard InChI is InChI=1S/C15H21ClN4O/c1-6-7-12-18-14(16)8(2)15(19-12)17-9(3)13-10(4)20-21-11(13)5/h9H,6-7H2,1-5H3,(H,17,18,19). The Morgan fingerprint density at radius 1 is 1.24 bits per heavy atom. The highest BCUT2D eigenvalue weighted by Gasteiger charge is 2.18. The molecule has 0 aliphatic heterocycles. The largest absolute Gasteiger partial charge is 0.363 e. The molecule has 2 aromatic rings. The molecule has 1 atom stereocenters. The lowest BCUT2D eigenvalue weighted by molar-refractivity contribution is 0.392. The van der Waals surface area contributed by atoms with Gasteiger partial charge in [-0.3, -0.25) is 0 Å². The average molecular weight is 309 g/mol. The van der Waals surface area contributed by atoms with E-state index < -0.39 is 0 Å². The highest BCUT2D eigenvalue weighted by molar-refractivity contribution is 6.30. The number of rotatable bonds is 5. The van der Waals surface area contributed by atoms with Crippen LogP contribution in [-0.4, -0.2) is 15.1 Å². The van der Waals surface area contributed by atoms with Crippen molar-refractivity contribution in [2.45, 2.75) is 53.5 Å². The third-order valence-corrected chi connectivity index (χ3v) is 3.85. The van der Waals surface area contributed by atoms with E-state index in [-0.39, 0.29) is 6.04 Å². The van der Waals surface area contributed by atoms with Crippen molar-refractivity contribution in [1.29, 1.82) is 0 Å². The van der Waals surface area contributed by atoms with Gasteiger partial charge in [0.15, 0.2) is 0 Å². The quantitative estimate of drug-likeness (QED) is 0.840. The van der Waals surface area contributed by atoms with Gasteiger partial charge in [0.2, 0.25) is 0 Å². The molecule has 0 aromatic carbocycles. The highest BCUT2D eigenvalue weighted by Crippen LogP contribution is 2.27. The number of anilines is 1. The molecule has 5 nitrogen and oxygen atoms in total. The van der Waals surface area contributed by atoms with Crippen molar-refractivity contribution < 1.29 is 4.52 Å². The van der Waals surface area contributed by atoms with Crippen molar-refractivity contribution >= 4 is 17.4 Å². The molecule has 1 unspecified atom stereocenters. The minimum atomic E-state index is 0.0374. The first-order valence-electron chi connectivity index (χ1n) is 7.16. The first kappa shape index (κ1) is 15.8. The van der Waals surface area contributed by atoms with E-state index in [9.17, 15) is 0 Å². The third kappa shape index (κ3) is 3.35. The Hall–Kier alpha value is -1.62. The van der Waals surface area contributed by atoms with E-state index in [2.05, 4.69) is 34.3 Å². The molecule has 2 aromatic heterocycles. The van der Waals surface area contributed by atoms with Gasteiger partial charge in [-0.1, -0.05) is 23.7 Å². The summed E-state index contributed by atoms with van der Waals surface area (Å²) in [6.45, 7) is 9.92. The molecule has 21 heavy (non-hydrogen) atoms. The summed E-state index contributed by atoms with van der Waals surface area (Å²) >= 11 is 6.20. The lowest BCUT2D eigenvalue weighted by Gasteiger charge is -2.17. The van der Waals surface area contributed by atoms with E-state index in [1.807, 2.05) is 20.8 Å². The molecule has 0 aliphatic carbocycles. The number of hydrogen-bond donors (Lipinski definition) is 1. The van der Waals surface area contributed by atoms with Crippen molar-refractivity contribution in [3.63, 3.8) is 0 Å². The zero-order chi connectivity index (χ0) is 15.6. The molecule has 0 saturated heterocycles. The summed E-state index contributed by atoms with van der Waals surface area (Å²) < 4.78 is 5.22. The van der Waals surface area contributed by atoms with E-state index >= 15 is 0 Å². The molecule has 1 N–H and O–H groups in total. The molecule has 114 valence electrons. The van der Waals surface area contributed by atoms with Crippen LogP contribution in [0.1, 0.15) is 54.7 Å². The number of halogens is 1. The van der Waals surface area contributed by atoms with Gasteiger partial charge in [0, 0.05) is 17.5 Å². The van der Waals surface area contributed by atoms with Crippen LogP contribution in [0.4, 0.5) is 5.82 Å². The first-order chi connectivity index (χ1) is 9.93. The Morgan fingerprint density at radius 2 is 1.95 bits per heavy atom. The van der Waals surface area contributed by atoms with Gasteiger partial charge >= 0.3 is 0 Å². The number of nitrogens with one attached hydrogen (secondary N) is 1.